The van der Waals surface area contributed by atoms with Crippen molar-refractivity contribution in [3.63, 3.8) is 0 Å². The summed E-state index contributed by atoms with van der Waals surface area (Å²) < 4.78 is 0. The first-order valence-electron chi connectivity index (χ1n) is 7.79. The third kappa shape index (κ3) is 4.79. The molecule has 1 aliphatic heterocycles. The normalized spacial score (nSPS) is 15.0. The number of thiophene rings is 1. The Morgan fingerprint density at radius 2 is 1.74 bits per heavy atom. The van der Waals surface area contributed by atoms with Crippen LogP contribution in [0.15, 0.2) is 12.1 Å². The predicted molar refractivity (Wildman–Crippen MR) is 89.2 cm³/mol. The van der Waals surface area contributed by atoms with Gasteiger partial charge in [0.1, 0.15) is 0 Å². The summed E-state index contributed by atoms with van der Waals surface area (Å²) in [5.41, 5.74) is 0. The van der Waals surface area contributed by atoms with Gasteiger partial charge in [-0.3, -0.25) is 14.4 Å². The van der Waals surface area contributed by atoms with E-state index in [0.29, 0.717) is 32.6 Å². The van der Waals surface area contributed by atoms with Gasteiger partial charge in [-0.15, -0.1) is 11.3 Å². The highest BCUT2D eigenvalue weighted by Crippen LogP contribution is 2.17. The smallest absolute Gasteiger partial charge is 0.312 e. The molecule has 1 aromatic heterocycles. The molecular weight excluding hydrogens is 314 g/mol. The molecule has 0 bridgehead atoms. The molecule has 0 saturated carbocycles. The van der Waals surface area contributed by atoms with Crippen LogP contribution in [0.4, 0.5) is 0 Å². The topological polar surface area (TPSA) is 69.7 Å². The third-order valence-corrected chi connectivity index (χ3v) is 4.66. The highest BCUT2D eigenvalue weighted by atomic mass is 32.1. The second kappa shape index (κ2) is 7.59. The van der Waals surface area contributed by atoms with Crippen LogP contribution in [0.25, 0.3) is 0 Å². The van der Waals surface area contributed by atoms with E-state index in [9.17, 15) is 14.4 Å². The molecule has 0 atom stereocenters. The van der Waals surface area contributed by atoms with Crippen molar-refractivity contribution < 1.29 is 14.4 Å². The summed E-state index contributed by atoms with van der Waals surface area (Å²) in [7, 11) is 0. The van der Waals surface area contributed by atoms with Crippen LogP contribution in [0.3, 0.4) is 0 Å². The third-order valence-electron chi connectivity index (χ3n) is 3.66. The standard InChI is InChI=1S/C16H23N3O3S/c1-11(2)17-15(21)16(22)19-8-6-18(7-9-19)14(20)10-13-5-4-12(3)23-13/h4-5,11H,6-10H2,1-3H3,(H,17,21). The van der Waals surface area contributed by atoms with Gasteiger partial charge in [0.25, 0.3) is 0 Å². The van der Waals surface area contributed by atoms with E-state index < -0.39 is 11.8 Å². The molecule has 7 heteroatoms. The summed E-state index contributed by atoms with van der Waals surface area (Å²) in [6.07, 6.45) is 0.403. The molecule has 0 spiro atoms. The van der Waals surface area contributed by atoms with Crippen molar-refractivity contribution in [2.24, 2.45) is 0 Å². The van der Waals surface area contributed by atoms with Crippen LogP contribution in [0.1, 0.15) is 23.6 Å². The van der Waals surface area contributed by atoms with Gasteiger partial charge in [-0.2, -0.15) is 0 Å². The monoisotopic (exact) mass is 337 g/mol. The first-order chi connectivity index (χ1) is 10.9. The molecule has 1 aliphatic rings. The van der Waals surface area contributed by atoms with Crippen LogP contribution in [-0.2, 0) is 20.8 Å². The van der Waals surface area contributed by atoms with Crippen molar-refractivity contribution in [1.82, 2.24) is 15.1 Å². The van der Waals surface area contributed by atoms with Gasteiger partial charge in [0.2, 0.25) is 5.91 Å². The Kier molecular flexibility index (Phi) is 5.76. The number of hydrogen-bond acceptors (Lipinski definition) is 4. The summed E-state index contributed by atoms with van der Waals surface area (Å²) >= 11 is 1.63. The van der Waals surface area contributed by atoms with Crippen LogP contribution in [0.5, 0.6) is 0 Å². The van der Waals surface area contributed by atoms with Crippen molar-refractivity contribution in [3.05, 3.63) is 21.9 Å². The molecule has 0 radical (unpaired) electrons. The van der Waals surface area contributed by atoms with Crippen molar-refractivity contribution in [2.75, 3.05) is 26.2 Å². The second-order valence-electron chi connectivity index (χ2n) is 5.99. The Hall–Kier alpha value is -1.89. The molecular formula is C16H23N3O3S. The highest BCUT2D eigenvalue weighted by molar-refractivity contribution is 7.12. The molecule has 1 fully saturated rings. The van der Waals surface area contributed by atoms with E-state index >= 15 is 0 Å². The summed E-state index contributed by atoms with van der Waals surface area (Å²) in [6.45, 7) is 7.40. The minimum atomic E-state index is -0.575. The van der Waals surface area contributed by atoms with E-state index in [-0.39, 0.29) is 11.9 Å². The number of aryl methyl sites for hydroxylation is 1. The maximum Gasteiger partial charge on any atom is 0.312 e. The number of amides is 3. The maximum absolute atomic E-state index is 12.3. The predicted octanol–water partition coefficient (Wildman–Crippen LogP) is 0.794. The van der Waals surface area contributed by atoms with E-state index in [1.54, 1.807) is 16.2 Å². The SMILES string of the molecule is Cc1ccc(CC(=O)N2CCN(C(=O)C(=O)NC(C)C)CC2)s1. The fourth-order valence-corrected chi connectivity index (χ4v) is 3.35. The molecule has 2 heterocycles. The summed E-state index contributed by atoms with van der Waals surface area (Å²) in [6, 6.07) is 3.93. The van der Waals surface area contributed by atoms with E-state index in [1.807, 2.05) is 32.9 Å². The number of carbonyl (C=O) groups is 3. The first-order valence-corrected chi connectivity index (χ1v) is 8.61. The molecule has 23 heavy (non-hydrogen) atoms. The van der Waals surface area contributed by atoms with Crippen LogP contribution < -0.4 is 5.32 Å². The lowest BCUT2D eigenvalue weighted by Gasteiger charge is -2.34. The van der Waals surface area contributed by atoms with E-state index in [2.05, 4.69) is 5.32 Å². The lowest BCUT2D eigenvalue weighted by atomic mass is 10.2. The Morgan fingerprint density at radius 3 is 2.26 bits per heavy atom. The molecule has 0 unspecified atom stereocenters. The van der Waals surface area contributed by atoms with Gasteiger partial charge in [-0.05, 0) is 32.9 Å². The van der Waals surface area contributed by atoms with Crippen molar-refractivity contribution in [2.45, 2.75) is 33.2 Å². The number of rotatable bonds is 3. The zero-order chi connectivity index (χ0) is 17.0. The number of hydrogen-bond donors (Lipinski definition) is 1. The summed E-state index contributed by atoms with van der Waals surface area (Å²) in [5.74, 6) is -1.01. The van der Waals surface area contributed by atoms with E-state index in [4.69, 9.17) is 0 Å². The average Bonchev–Trinajstić information content (AvgIpc) is 2.91. The Morgan fingerprint density at radius 1 is 1.13 bits per heavy atom. The number of nitrogens with one attached hydrogen (secondary N) is 1. The molecule has 3 amide bonds. The second-order valence-corrected chi connectivity index (χ2v) is 7.36. The van der Waals surface area contributed by atoms with E-state index in [0.717, 1.165) is 4.88 Å². The Labute approximate surface area is 140 Å². The van der Waals surface area contributed by atoms with Gasteiger partial charge in [-0.25, -0.2) is 0 Å². The van der Waals surface area contributed by atoms with Gasteiger partial charge in [0, 0.05) is 42.0 Å². The molecule has 2 rings (SSSR count). The van der Waals surface area contributed by atoms with Gasteiger partial charge in [-0.1, -0.05) is 0 Å². The summed E-state index contributed by atoms with van der Waals surface area (Å²) in [5, 5.41) is 2.60. The van der Waals surface area contributed by atoms with Gasteiger partial charge < -0.3 is 15.1 Å². The fourth-order valence-electron chi connectivity index (χ4n) is 2.47. The largest absolute Gasteiger partial charge is 0.346 e. The van der Waals surface area contributed by atoms with Crippen LogP contribution in [0.2, 0.25) is 0 Å². The molecule has 1 N–H and O–H groups in total. The van der Waals surface area contributed by atoms with Gasteiger partial charge in [0.15, 0.2) is 0 Å². The highest BCUT2D eigenvalue weighted by Gasteiger charge is 2.28. The average molecular weight is 337 g/mol. The fraction of sp³-hybridized carbons (Fsp3) is 0.562. The van der Waals surface area contributed by atoms with Crippen molar-refractivity contribution in [1.29, 1.82) is 0 Å². The molecule has 6 nitrogen and oxygen atoms in total. The van der Waals surface area contributed by atoms with Gasteiger partial charge >= 0.3 is 11.8 Å². The molecule has 1 aromatic rings. The van der Waals surface area contributed by atoms with Crippen molar-refractivity contribution in [3.8, 4) is 0 Å². The first kappa shape index (κ1) is 17.5. The molecule has 126 valence electrons. The zero-order valence-corrected chi connectivity index (χ0v) is 14.6. The Bertz CT molecular complexity index is 589. The van der Waals surface area contributed by atoms with Crippen LogP contribution in [0, 0.1) is 6.92 Å². The maximum atomic E-state index is 12.3. The number of carbonyl (C=O) groups excluding carboxylic acids is 3. The summed E-state index contributed by atoms with van der Waals surface area (Å²) in [4.78, 5) is 41.6. The molecule has 1 saturated heterocycles. The van der Waals surface area contributed by atoms with Crippen molar-refractivity contribution >= 4 is 29.1 Å². The lowest BCUT2D eigenvalue weighted by molar-refractivity contribution is -0.148. The molecule has 0 aromatic carbocycles. The minimum absolute atomic E-state index is 0.0661. The lowest BCUT2D eigenvalue weighted by Crippen LogP contribution is -2.54. The van der Waals surface area contributed by atoms with Gasteiger partial charge in [0.05, 0.1) is 6.42 Å². The quantitative estimate of drug-likeness (QED) is 0.829. The molecule has 0 aliphatic carbocycles. The number of nitrogens with zero attached hydrogens (tertiary/aromatic N) is 2. The Balaban J connectivity index is 1.82. The number of piperazine rings is 1. The minimum Gasteiger partial charge on any atom is -0.346 e. The van der Waals surface area contributed by atoms with Crippen LogP contribution in [-0.4, -0.2) is 59.7 Å². The van der Waals surface area contributed by atoms with E-state index in [1.165, 1.54) is 9.78 Å². The zero-order valence-electron chi connectivity index (χ0n) is 13.8. The van der Waals surface area contributed by atoms with Crippen LogP contribution >= 0.6 is 11.3 Å².